The summed E-state index contributed by atoms with van der Waals surface area (Å²) in [5.74, 6) is -1.67. The molecule has 2 rings (SSSR count). The first-order valence-electron chi connectivity index (χ1n) is 6.48. The van der Waals surface area contributed by atoms with Gasteiger partial charge in [-0.05, 0) is 13.3 Å². The molecule has 2 aliphatic rings. The molecule has 2 fully saturated rings. The third-order valence-corrected chi connectivity index (χ3v) is 6.34. The first kappa shape index (κ1) is 18.0. The van der Waals surface area contributed by atoms with Crippen LogP contribution in [0, 0.1) is 5.92 Å². The van der Waals surface area contributed by atoms with Crippen molar-refractivity contribution >= 4 is 21.8 Å². The fourth-order valence-corrected chi connectivity index (χ4v) is 5.71. The molecular weight excluding hydrogens is 322 g/mol. The molecule has 0 amide bonds. The first-order chi connectivity index (χ1) is 9.22. The van der Waals surface area contributed by atoms with Crippen LogP contribution in [0.2, 0.25) is 0 Å². The number of esters is 1. The van der Waals surface area contributed by atoms with Crippen molar-refractivity contribution in [2.45, 2.75) is 36.7 Å². The van der Waals surface area contributed by atoms with Crippen molar-refractivity contribution in [3.63, 3.8) is 0 Å². The number of carbonyl (C=O) groups is 1. The molecule has 0 aromatic carbocycles. The standard InChI is InChI=1S/C11H19N3O5S.ClH/c1-2-19-9(15)11(16)5-7(14-10(12)13)8-6(11)3-4-20(8,17)18;/h6-8,16H,2-5H2,1H3,(H4,12,13,14);1H/t6-,7+,8+,11+;/m0./s1. The Morgan fingerprint density at radius 3 is 2.62 bits per heavy atom. The van der Waals surface area contributed by atoms with E-state index < -0.39 is 38.6 Å². The Balaban J connectivity index is 0.00000220. The lowest BCUT2D eigenvalue weighted by atomic mass is 9.89. The molecule has 0 radical (unpaired) electrons. The minimum atomic E-state index is -3.39. The van der Waals surface area contributed by atoms with Crippen LogP contribution in [0.4, 0.5) is 0 Å². The predicted molar refractivity (Wildman–Crippen MR) is 70.0 cm³/mol. The normalized spacial score (nSPS) is 36.4. The number of nitrogens with two attached hydrogens (primary N) is 2. The van der Waals surface area contributed by atoms with Crippen molar-refractivity contribution in [1.29, 1.82) is 0 Å². The zero-order valence-corrected chi connectivity index (χ0v) is 13.2. The monoisotopic (exact) mass is 341 g/mol. The molecule has 8 nitrogen and oxygen atoms in total. The molecule has 10 heteroatoms. The summed E-state index contributed by atoms with van der Waals surface area (Å²) < 4.78 is 29.1. The maximum Gasteiger partial charge on any atom is 0.339 e. The third kappa shape index (κ3) is 2.95. The van der Waals surface area contributed by atoms with Crippen molar-refractivity contribution in [2.75, 3.05) is 12.4 Å². The molecule has 21 heavy (non-hydrogen) atoms. The summed E-state index contributed by atoms with van der Waals surface area (Å²) in [6.07, 6.45) is 0.142. The summed E-state index contributed by atoms with van der Waals surface area (Å²) in [6.45, 7) is 1.75. The summed E-state index contributed by atoms with van der Waals surface area (Å²) in [6, 6.07) is -0.688. The first-order valence-corrected chi connectivity index (χ1v) is 8.19. The number of sulfone groups is 1. The van der Waals surface area contributed by atoms with Gasteiger partial charge in [0.25, 0.3) is 0 Å². The molecule has 1 saturated carbocycles. The largest absolute Gasteiger partial charge is 1.00 e. The number of fused-ring (bicyclic) bond motifs is 1. The maximum absolute atomic E-state index is 12.1. The maximum atomic E-state index is 12.1. The number of guanidine groups is 1. The van der Waals surface area contributed by atoms with Crippen LogP contribution in [0.25, 0.3) is 0 Å². The number of nitrogens with one attached hydrogen (secondary N) is 1. The number of aliphatic hydroxyl groups is 1. The summed E-state index contributed by atoms with van der Waals surface area (Å²) in [5, 5.41) is 9.73. The van der Waals surface area contributed by atoms with E-state index in [4.69, 9.17) is 16.2 Å². The van der Waals surface area contributed by atoms with Gasteiger partial charge in [0.1, 0.15) is 5.25 Å². The number of ether oxygens (including phenoxy) is 1. The zero-order valence-electron chi connectivity index (χ0n) is 11.6. The second-order valence-electron chi connectivity index (χ2n) is 5.28. The third-order valence-electron chi connectivity index (χ3n) is 4.05. The van der Waals surface area contributed by atoms with Crippen molar-refractivity contribution in [1.82, 2.24) is 0 Å². The van der Waals surface area contributed by atoms with Crippen LogP contribution in [0.5, 0.6) is 0 Å². The lowest BCUT2D eigenvalue weighted by Gasteiger charge is -2.25. The molecule has 4 atom stereocenters. The highest BCUT2D eigenvalue weighted by molar-refractivity contribution is 7.92. The van der Waals surface area contributed by atoms with Gasteiger partial charge in [-0.3, -0.25) is 16.5 Å². The quantitative estimate of drug-likeness (QED) is 0.226. The highest BCUT2D eigenvalue weighted by atomic mass is 35.5. The Morgan fingerprint density at radius 2 is 2.10 bits per heavy atom. The molecular formula is C11H20ClN3O5S. The Bertz CT molecular complexity index is 548. The number of rotatable bonds is 3. The summed E-state index contributed by atoms with van der Waals surface area (Å²) in [4.78, 5) is 14.6. The molecule has 6 N–H and O–H groups in total. The minimum absolute atomic E-state index is 0. The lowest BCUT2D eigenvalue weighted by molar-refractivity contribution is -0.503. The van der Waals surface area contributed by atoms with E-state index in [1.54, 1.807) is 6.92 Å². The van der Waals surface area contributed by atoms with Crippen LogP contribution in [0.3, 0.4) is 0 Å². The van der Waals surface area contributed by atoms with Gasteiger partial charge >= 0.3 is 11.9 Å². The fourth-order valence-electron chi connectivity index (χ4n) is 3.32. The average molecular weight is 342 g/mol. The Kier molecular flexibility index (Phi) is 5.12. The number of hydrogen-bond acceptors (Lipinski definition) is 5. The molecule has 1 saturated heterocycles. The van der Waals surface area contributed by atoms with E-state index in [0.29, 0.717) is 0 Å². The van der Waals surface area contributed by atoms with E-state index in [1.807, 2.05) is 0 Å². The van der Waals surface area contributed by atoms with Gasteiger partial charge in [-0.1, -0.05) is 0 Å². The van der Waals surface area contributed by atoms with Crippen molar-refractivity contribution in [2.24, 2.45) is 17.4 Å². The fraction of sp³-hybridized carbons (Fsp3) is 0.818. The molecule has 0 spiro atoms. The van der Waals surface area contributed by atoms with Crippen LogP contribution in [0.15, 0.2) is 0 Å². The average Bonchev–Trinajstić information content (AvgIpc) is 2.78. The second kappa shape index (κ2) is 5.98. The van der Waals surface area contributed by atoms with E-state index in [2.05, 4.69) is 4.99 Å². The molecule has 0 bridgehead atoms. The smallest absolute Gasteiger partial charge is 0.339 e. The predicted octanol–water partition coefficient (Wildman–Crippen LogP) is -6.79. The SMILES string of the molecule is CCOC(=O)[C@@]1(O)C[C@@H]([NH+]=C(N)N)[C@H]2[C@@H]1CCS2(=O)=O.[Cl-]. The van der Waals surface area contributed by atoms with Gasteiger partial charge < -0.3 is 22.3 Å². The van der Waals surface area contributed by atoms with Gasteiger partial charge in [-0.15, -0.1) is 0 Å². The van der Waals surface area contributed by atoms with Crippen LogP contribution in [-0.2, 0) is 19.4 Å². The van der Waals surface area contributed by atoms with Crippen LogP contribution < -0.4 is 28.9 Å². The van der Waals surface area contributed by atoms with Crippen molar-refractivity contribution < 1.29 is 40.5 Å². The molecule has 1 heterocycles. The van der Waals surface area contributed by atoms with Gasteiger partial charge in [0.15, 0.2) is 15.4 Å². The summed E-state index contributed by atoms with van der Waals surface area (Å²) >= 11 is 0. The molecule has 0 unspecified atom stereocenters. The second-order valence-corrected chi connectivity index (χ2v) is 7.56. The minimum Gasteiger partial charge on any atom is -1.00 e. The highest BCUT2D eigenvalue weighted by Crippen LogP contribution is 2.46. The molecule has 122 valence electrons. The summed E-state index contributed by atoms with van der Waals surface area (Å²) in [5.41, 5.74) is 8.91. The van der Waals surface area contributed by atoms with Gasteiger partial charge in [-0.25, -0.2) is 13.2 Å². The van der Waals surface area contributed by atoms with E-state index in [9.17, 15) is 18.3 Å². The Labute approximate surface area is 129 Å². The number of hydrogen-bond donors (Lipinski definition) is 4. The summed E-state index contributed by atoms with van der Waals surface area (Å²) in [7, 11) is -3.39. The lowest BCUT2D eigenvalue weighted by Crippen LogP contribution is -3.00. The highest BCUT2D eigenvalue weighted by Gasteiger charge is 2.65. The van der Waals surface area contributed by atoms with E-state index >= 15 is 0 Å². The molecule has 0 aromatic rings. The van der Waals surface area contributed by atoms with Gasteiger partial charge in [-0.2, -0.15) is 0 Å². The van der Waals surface area contributed by atoms with Crippen LogP contribution >= 0.6 is 0 Å². The molecule has 1 aliphatic heterocycles. The van der Waals surface area contributed by atoms with Crippen LogP contribution in [0.1, 0.15) is 19.8 Å². The molecule has 0 aromatic heterocycles. The van der Waals surface area contributed by atoms with E-state index in [-0.39, 0.29) is 43.6 Å². The van der Waals surface area contributed by atoms with Gasteiger partial charge in [0, 0.05) is 12.3 Å². The molecule has 1 aliphatic carbocycles. The number of halogens is 1. The van der Waals surface area contributed by atoms with Gasteiger partial charge in [0.05, 0.1) is 18.4 Å². The number of carbonyl (C=O) groups excluding carboxylic acids is 1. The van der Waals surface area contributed by atoms with Gasteiger partial charge in [0.2, 0.25) is 0 Å². The Hall–Kier alpha value is -1.06. The van der Waals surface area contributed by atoms with Crippen molar-refractivity contribution in [3.8, 4) is 0 Å². The van der Waals surface area contributed by atoms with Crippen molar-refractivity contribution in [3.05, 3.63) is 0 Å². The zero-order chi connectivity index (χ0) is 15.1. The topological polar surface area (TPSA) is 147 Å². The van der Waals surface area contributed by atoms with E-state index in [0.717, 1.165) is 0 Å². The Morgan fingerprint density at radius 1 is 1.48 bits per heavy atom. The van der Waals surface area contributed by atoms with E-state index in [1.165, 1.54) is 0 Å². The van der Waals surface area contributed by atoms with Crippen LogP contribution in [-0.4, -0.2) is 54.7 Å².